The number of para-hydroxylation sites is 1. The van der Waals surface area contributed by atoms with Crippen LogP contribution in [0.4, 0.5) is 5.82 Å². The highest BCUT2D eigenvalue weighted by Crippen LogP contribution is 2.20. The van der Waals surface area contributed by atoms with Gasteiger partial charge in [-0.1, -0.05) is 38.1 Å². The molecule has 1 fully saturated rings. The maximum absolute atomic E-state index is 13.2. The third kappa shape index (κ3) is 5.51. The summed E-state index contributed by atoms with van der Waals surface area (Å²) in [5.74, 6) is 0.284. The number of fused-ring (bicyclic) bond motifs is 1. The van der Waals surface area contributed by atoms with Crippen molar-refractivity contribution >= 4 is 28.5 Å². The van der Waals surface area contributed by atoms with Crippen LogP contribution in [0.5, 0.6) is 0 Å². The van der Waals surface area contributed by atoms with Crippen LogP contribution in [0.25, 0.3) is 10.9 Å². The van der Waals surface area contributed by atoms with Crippen molar-refractivity contribution in [1.29, 1.82) is 0 Å². The largest absolute Gasteiger partial charge is 0.378 e. The topological polar surface area (TPSA) is 99.3 Å². The molecule has 174 valence electrons. The molecule has 3 N–H and O–H groups in total. The Kier molecular flexibility index (Phi) is 7.24. The molecule has 0 saturated carbocycles. The van der Waals surface area contributed by atoms with Gasteiger partial charge in [0.2, 0.25) is 11.8 Å². The molecule has 0 bridgehead atoms. The van der Waals surface area contributed by atoms with Gasteiger partial charge >= 0.3 is 0 Å². The Morgan fingerprint density at radius 2 is 1.88 bits per heavy atom. The van der Waals surface area contributed by atoms with Gasteiger partial charge < -0.3 is 25.3 Å². The number of benzene rings is 1. The van der Waals surface area contributed by atoms with Crippen LogP contribution in [0, 0.1) is 5.92 Å². The highest BCUT2D eigenvalue weighted by atomic mass is 16.5. The number of nitrogens with one attached hydrogen (secondary N) is 3. The quantitative estimate of drug-likeness (QED) is 0.491. The summed E-state index contributed by atoms with van der Waals surface area (Å²) in [5, 5.41) is 7.00. The average Bonchev–Trinajstić information content (AvgIpc) is 3.25. The molecule has 1 aromatic carbocycles. The first kappa shape index (κ1) is 22.8. The molecular weight excluding hydrogens is 418 g/mol. The van der Waals surface area contributed by atoms with Crippen LogP contribution in [0.3, 0.4) is 0 Å². The summed E-state index contributed by atoms with van der Waals surface area (Å²) in [6.45, 7) is 6.84. The molecule has 1 atom stereocenters. The van der Waals surface area contributed by atoms with Crippen molar-refractivity contribution in [2.24, 2.45) is 5.92 Å². The van der Waals surface area contributed by atoms with Crippen molar-refractivity contribution in [3.8, 4) is 0 Å². The predicted octanol–water partition coefficient (Wildman–Crippen LogP) is 2.40. The first-order valence-corrected chi connectivity index (χ1v) is 11.4. The molecule has 8 nitrogen and oxygen atoms in total. The number of carbonyl (C=O) groups excluding carboxylic acids is 2. The van der Waals surface area contributed by atoms with Gasteiger partial charge in [-0.25, -0.2) is 4.98 Å². The molecule has 4 rings (SSSR count). The van der Waals surface area contributed by atoms with Gasteiger partial charge in [0.25, 0.3) is 0 Å². The van der Waals surface area contributed by atoms with Crippen molar-refractivity contribution in [2.75, 3.05) is 31.2 Å². The molecule has 8 heteroatoms. The Morgan fingerprint density at radius 1 is 1.09 bits per heavy atom. The van der Waals surface area contributed by atoms with Crippen LogP contribution in [-0.2, 0) is 27.3 Å². The molecule has 1 aliphatic heterocycles. The molecule has 1 saturated heterocycles. The SMILES string of the molecule is CC(C)C(=O)N[C@@H](Cc1c[nH]c2ccccc12)C(=O)NCc1cccnc1N1CCOCC1. The minimum absolute atomic E-state index is 0.148. The molecule has 1 aliphatic rings. The fraction of sp³-hybridized carbons (Fsp3) is 0.400. The van der Waals surface area contributed by atoms with Crippen molar-refractivity contribution in [2.45, 2.75) is 32.9 Å². The van der Waals surface area contributed by atoms with E-state index in [0.717, 1.165) is 40.9 Å². The lowest BCUT2D eigenvalue weighted by Crippen LogP contribution is -2.49. The van der Waals surface area contributed by atoms with Gasteiger partial charge in [0.15, 0.2) is 0 Å². The maximum Gasteiger partial charge on any atom is 0.243 e. The van der Waals surface area contributed by atoms with E-state index in [4.69, 9.17) is 4.74 Å². The van der Waals surface area contributed by atoms with Gasteiger partial charge in [-0.2, -0.15) is 0 Å². The number of ether oxygens (including phenoxy) is 1. The van der Waals surface area contributed by atoms with Crippen LogP contribution >= 0.6 is 0 Å². The number of hydrogen-bond acceptors (Lipinski definition) is 5. The Labute approximate surface area is 193 Å². The van der Waals surface area contributed by atoms with Crippen LogP contribution in [0.2, 0.25) is 0 Å². The number of H-pyrrole nitrogens is 1. The summed E-state index contributed by atoms with van der Waals surface area (Å²) in [4.78, 5) is 35.6. The summed E-state index contributed by atoms with van der Waals surface area (Å²) in [5.41, 5.74) is 2.94. The molecule has 33 heavy (non-hydrogen) atoms. The van der Waals surface area contributed by atoms with E-state index in [1.165, 1.54) is 0 Å². The molecule has 2 aromatic heterocycles. The summed E-state index contributed by atoms with van der Waals surface area (Å²) < 4.78 is 5.45. The summed E-state index contributed by atoms with van der Waals surface area (Å²) >= 11 is 0. The lowest BCUT2D eigenvalue weighted by Gasteiger charge is -2.29. The molecular formula is C25H31N5O3. The summed E-state index contributed by atoms with van der Waals surface area (Å²) in [7, 11) is 0. The zero-order valence-electron chi connectivity index (χ0n) is 19.1. The van der Waals surface area contributed by atoms with E-state index < -0.39 is 6.04 Å². The number of pyridine rings is 1. The average molecular weight is 450 g/mol. The van der Waals surface area contributed by atoms with Gasteiger partial charge in [0.05, 0.1) is 13.2 Å². The number of nitrogens with zero attached hydrogens (tertiary/aromatic N) is 2. The highest BCUT2D eigenvalue weighted by molar-refractivity contribution is 5.90. The van der Waals surface area contributed by atoms with Crippen molar-refractivity contribution in [1.82, 2.24) is 20.6 Å². The molecule has 0 unspecified atom stereocenters. The van der Waals surface area contributed by atoms with E-state index in [1.807, 2.05) is 56.4 Å². The van der Waals surface area contributed by atoms with E-state index in [1.54, 1.807) is 6.20 Å². The maximum atomic E-state index is 13.2. The summed E-state index contributed by atoms with van der Waals surface area (Å²) in [6, 6.07) is 11.1. The van der Waals surface area contributed by atoms with E-state index in [-0.39, 0.29) is 17.7 Å². The third-order valence-electron chi connectivity index (χ3n) is 5.89. The molecule has 2 amide bonds. The number of anilines is 1. The smallest absolute Gasteiger partial charge is 0.243 e. The number of amides is 2. The normalized spacial score (nSPS) is 14.9. The second-order valence-electron chi connectivity index (χ2n) is 8.58. The van der Waals surface area contributed by atoms with E-state index in [0.29, 0.717) is 26.2 Å². The molecule has 0 radical (unpaired) electrons. The molecule has 3 heterocycles. The van der Waals surface area contributed by atoms with E-state index in [2.05, 4.69) is 25.5 Å². The standard InChI is InChI=1S/C25H31N5O3/c1-17(2)24(31)29-22(14-19-16-27-21-8-4-3-7-20(19)21)25(32)28-15-18-6-5-9-26-23(18)30-10-12-33-13-11-30/h3-9,16-17,22,27H,10-15H2,1-2H3,(H,28,32)(H,29,31)/t22-/m0/s1. The first-order valence-electron chi connectivity index (χ1n) is 11.4. The highest BCUT2D eigenvalue weighted by Gasteiger charge is 2.24. The van der Waals surface area contributed by atoms with Gasteiger partial charge in [-0.05, 0) is 17.7 Å². The van der Waals surface area contributed by atoms with Crippen LogP contribution < -0.4 is 15.5 Å². The van der Waals surface area contributed by atoms with E-state index >= 15 is 0 Å². The molecule has 0 spiro atoms. The second-order valence-corrected chi connectivity index (χ2v) is 8.58. The van der Waals surface area contributed by atoms with E-state index in [9.17, 15) is 9.59 Å². The molecule has 3 aromatic rings. The zero-order chi connectivity index (χ0) is 23.2. The lowest BCUT2D eigenvalue weighted by atomic mass is 10.0. The van der Waals surface area contributed by atoms with Crippen molar-refractivity contribution in [3.63, 3.8) is 0 Å². The Bertz CT molecular complexity index is 1100. The van der Waals surface area contributed by atoms with Gasteiger partial charge in [0, 0.05) is 60.8 Å². The van der Waals surface area contributed by atoms with Crippen LogP contribution in [-0.4, -0.2) is 54.1 Å². The van der Waals surface area contributed by atoms with Crippen LogP contribution in [0.15, 0.2) is 48.8 Å². The number of carbonyl (C=O) groups is 2. The van der Waals surface area contributed by atoms with Crippen molar-refractivity contribution < 1.29 is 14.3 Å². The monoisotopic (exact) mass is 449 g/mol. The van der Waals surface area contributed by atoms with Gasteiger partial charge in [0.1, 0.15) is 11.9 Å². The fourth-order valence-electron chi connectivity index (χ4n) is 4.00. The van der Waals surface area contributed by atoms with Gasteiger partial charge in [-0.3, -0.25) is 9.59 Å². The fourth-order valence-corrected chi connectivity index (χ4v) is 4.00. The first-order chi connectivity index (χ1) is 16.0. The Morgan fingerprint density at radius 3 is 2.67 bits per heavy atom. The third-order valence-corrected chi connectivity index (χ3v) is 5.89. The Hall–Kier alpha value is -3.39. The zero-order valence-corrected chi connectivity index (χ0v) is 19.1. The van der Waals surface area contributed by atoms with Crippen molar-refractivity contribution in [3.05, 3.63) is 59.9 Å². The number of aromatic amines is 1. The predicted molar refractivity (Wildman–Crippen MR) is 128 cm³/mol. The number of rotatable bonds is 8. The summed E-state index contributed by atoms with van der Waals surface area (Å²) in [6.07, 6.45) is 4.07. The minimum atomic E-state index is -0.678. The van der Waals surface area contributed by atoms with Crippen LogP contribution in [0.1, 0.15) is 25.0 Å². The minimum Gasteiger partial charge on any atom is -0.378 e. The number of morpholine rings is 1. The second kappa shape index (κ2) is 10.5. The Balaban J connectivity index is 1.49. The van der Waals surface area contributed by atoms with Gasteiger partial charge in [-0.15, -0.1) is 0 Å². The lowest BCUT2D eigenvalue weighted by molar-refractivity contribution is -0.130. The number of hydrogen-bond donors (Lipinski definition) is 3. The number of aromatic nitrogens is 2. The molecule has 0 aliphatic carbocycles.